The molecule has 2 heteroatoms. The zero-order valence-electron chi connectivity index (χ0n) is 10.4. The lowest BCUT2D eigenvalue weighted by Crippen LogP contribution is -2.02. The minimum absolute atomic E-state index is 0.415. The lowest BCUT2D eigenvalue weighted by Gasteiger charge is -2.17. The minimum Gasteiger partial charge on any atom is -0.0827 e. The van der Waals surface area contributed by atoms with Crippen LogP contribution in [0, 0.1) is 0 Å². The summed E-state index contributed by atoms with van der Waals surface area (Å²) in [4.78, 5) is 0. The molecule has 1 unspecified atom stereocenters. The SMILES string of the molecule is CCC(Cc1ccccc1)c1cccc(Cl)c1Cl. The van der Waals surface area contributed by atoms with Crippen LogP contribution in [-0.2, 0) is 6.42 Å². The second kappa shape index (κ2) is 6.26. The highest BCUT2D eigenvalue weighted by molar-refractivity contribution is 6.42. The molecule has 0 bridgehead atoms. The number of hydrogen-bond acceptors (Lipinski definition) is 0. The smallest absolute Gasteiger partial charge is 0.0627 e. The van der Waals surface area contributed by atoms with Gasteiger partial charge in [-0.1, -0.05) is 72.6 Å². The van der Waals surface area contributed by atoms with Gasteiger partial charge in [0.15, 0.2) is 0 Å². The molecule has 94 valence electrons. The van der Waals surface area contributed by atoms with Gasteiger partial charge in [0.05, 0.1) is 10.0 Å². The van der Waals surface area contributed by atoms with Crippen LogP contribution < -0.4 is 0 Å². The molecule has 2 aromatic rings. The van der Waals surface area contributed by atoms with Crippen molar-refractivity contribution in [1.82, 2.24) is 0 Å². The van der Waals surface area contributed by atoms with Crippen LogP contribution in [0.4, 0.5) is 0 Å². The van der Waals surface area contributed by atoms with Gasteiger partial charge >= 0.3 is 0 Å². The number of benzene rings is 2. The third-order valence-electron chi connectivity index (χ3n) is 3.24. The molecular weight excluding hydrogens is 263 g/mol. The first-order chi connectivity index (χ1) is 8.72. The summed E-state index contributed by atoms with van der Waals surface area (Å²) < 4.78 is 0. The summed E-state index contributed by atoms with van der Waals surface area (Å²) in [5, 5.41) is 1.34. The third-order valence-corrected chi connectivity index (χ3v) is 4.07. The van der Waals surface area contributed by atoms with Crippen molar-refractivity contribution >= 4 is 23.2 Å². The van der Waals surface area contributed by atoms with Crippen LogP contribution in [0.5, 0.6) is 0 Å². The van der Waals surface area contributed by atoms with Gasteiger partial charge in [-0.3, -0.25) is 0 Å². The Bertz CT molecular complexity index is 506. The monoisotopic (exact) mass is 278 g/mol. The predicted octanol–water partition coefficient (Wildman–Crippen LogP) is 5.73. The molecule has 0 N–H and O–H groups in total. The fraction of sp³-hybridized carbons (Fsp3) is 0.250. The molecule has 0 aromatic heterocycles. The van der Waals surface area contributed by atoms with Crippen LogP contribution in [0.25, 0.3) is 0 Å². The van der Waals surface area contributed by atoms with Crippen molar-refractivity contribution in [3.63, 3.8) is 0 Å². The highest BCUT2D eigenvalue weighted by Crippen LogP contribution is 2.34. The van der Waals surface area contributed by atoms with Crippen molar-refractivity contribution in [1.29, 1.82) is 0 Å². The lowest BCUT2D eigenvalue weighted by molar-refractivity contribution is 0.660. The van der Waals surface area contributed by atoms with Gasteiger partial charge in [-0.25, -0.2) is 0 Å². The Balaban J connectivity index is 2.26. The molecule has 0 fully saturated rings. The van der Waals surface area contributed by atoms with Crippen LogP contribution in [0.1, 0.15) is 30.4 Å². The zero-order chi connectivity index (χ0) is 13.0. The molecule has 0 saturated heterocycles. The van der Waals surface area contributed by atoms with Gasteiger partial charge in [0.2, 0.25) is 0 Å². The summed E-state index contributed by atoms with van der Waals surface area (Å²) in [7, 11) is 0. The molecule has 0 aliphatic carbocycles. The van der Waals surface area contributed by atoms with Gasteiger partial charge in [-0.2, -0.15) is 0 Å². The fourth-order valence-corrected chi connectivity index (χ4v) is 2.67. The van der Waals surface area contributed by atoms with E-state index in [4.69, 9.17) is 23.2 Å². The molecule has 0 aliphatic rings. The highest BCUT2D eigenvalue weighted by atomic mass is 35.5. The molecular formula is C16H16Cl2. The molecule has 0 amide bonds. The second-order valence-corrected chi connectivity index (χ2v) is 5.22. The molecule has 0 spiro atoms. The Morgan fingerprint density at radius 1 is 0.944 bits per heavy atom. The van der Waals surface area contributed by atoms with E-state index >= 15 is 0 Å². The summed E-state index contributed by atoms with van der Waals surface area (Å²) in [6.45, 7) is 2.19. The van der Waals surface area contributed by atoms with Gasteiger partial charge in [-0.05, 0) is 36.0 Å². The molecule has 0 heterocycles. The first kappa shape index (κ1) is 13.5. The van der Waals surface area contributed by atoms with Gasteiger partial charge in [-0.15, -0.1) is 0 Å². The maximum atomic E-state index is 6.30. The average Bonchev–Trinajstić information content (AvgIpc) is 2.41. The van der Waals surface area contributed by atoms with Gasteiger partial charge < -0.3 is 0 Å². The van der Waals surface area contributed by atoms with Gasteiger partial charge in [0, 0.05) is 0 Å². The normalized spacial score (nSPS) is 12.4. The van der Waals surface area contributed by atoms with E-state index in [1.165, 1.54) is 5.56 Å². The maximum absolute atomic E-state index is 6.30. The van der Waals surface area contributed by atoms with Crippen molar-refractivity contribution in [3.05, 3.63) is 69.7 Å². The van der Waals surface area contributed by atoms with Crippen LogP contribution in [0.15, 0.2) is 48.5 Å². The van der Waals surface area contributed by atoms with Crippen LogP contribution in [0.3, 0.4) is 0 Å². The Hall–Kier alpha value is -0.980. The van der Waals surface area contributed by atoms with Crippen LogP contribution >= 0.6 is 23.2 Å². The summed E-state index contributed by atoms with van der Waals surface area (Å²) in [6.07, 6.45) is 2.05. The molecule has 18 heavy (non-hydrogen) atoms. The highest BCUT2D eigenvalue weighted by Gasteiger charge is 2.15. The Morgan fingerprint density at radius 2 is 1.67 bits per heavy atom. The largest absolute Gasteiger partial charge is 0.0827 e. The Kier molecular flexibility index (Phi) is 4.68. The molecule has 0 radical (unpaired) electrons. The summed E-state index contributed by atoms with van der Waals surface area (Å²) in [5.41, 5.74) is 2.48. The van der Waals surface area contributed by atoms with Crippen molar-refractivity contribution in [2.45, 2.75) is 25.7 Å². The summed E-state index contributed by atoms with van der Waals surface area (Å²) >= 11 is 12.4. The van der Waals surface area contributed by atoms with Crippen LogP contribution in [0.2, 0.25) is 10.0 Å². The molecule has 2 rings (SSSR count). The molecule has 0 nitrogen and oxygen atoms in total. The third kappa shape index (κ3) is 3.07. The topological polar surface area (TPSA) is 0 Å². The predicted molar refractivity (Wildman–Crippen MR) is 79.6 cm³/mol. The zero-order valence-corrected chi connectivity index (χ0v) is 11.9. The second-order valence-electron chi connectivity index (χ2n) is 4.44. The molecule has 2 aromatic carbocycles. The summed E-state index contributed by atoms with van der Waals surface area (Å²) in [5.74, 6) is 0.415. The van der Waals surface area contributed by atoms with E-state index in [1.807, 2.05) is 18.2 Å². The van der Waals surface area contributed by atoms with Crippen molar-refractivity contribution in [2.24, 2.45) is 0 Å². The standard InChI is InChI=1S/C16H16Cl2/c1-2-13(11-12-7-4-3-5-8-12)14-9-6-10-15(17)16(14)18/h3-10,13H,2,11H2,1H3. The van der Waals surface area contributed by atoms with E-state index in [1.54, 1.807) is 0 Å². The maximum Gasteiger partial charge on any atom is 0.0627 e. The molecule has 0 saturated carbocycles. The van der Waals surface area contributed by atoms with Crippen molar-refractivity contribution in [3.8, 4) is 0 Å². The minimum atomic E-state index is 0.415. The fourth-order valence-electron chi connectivity index (χ4n) is 2.21. The first-order valence-corrected chi connectivity index (χ1v) is 6.95. The van der Waals surface area contributed by atoms with E-state index in [0.717, 1.165) is 18.4 Å². The number of halogens is 2. The summed E-state index contributed by atoms with van der Waals surface area (Å²) in [6, 6.07) is 16.4. The van der Waals surface area contributed by atoms with Gasteiger partial charge in [0.25, 0.3) is 0 Å². The quantitative estimate of drug-likeness (QED) is 0.670. The van der Waals surface area contributed by atoms with E-state index in [-0.39, 0.29) is 0 Å². The number of hydrogen-bond donors (Lipinski definition) is 0. The average molecular weight is 279 g/mol. The van der Waals surface area contributed by atoms with Crippen LogP contribution in [-0.4, -0.2) is 0 Å². The Labute approximate surface area is 119 Å². The van der Waals surface area contributed by atoms with E-state index in [2.05, 4.69) is 37.3 Å². The van der Waals surface area contributed by atoms with E-state index in [9.17, 15) is 0 Å². The van der Waals surface area contributed by atoms with E-state index in [0.29, 0.717) is 16.0 Å². The first-order valence-electron chi connectivity index (χ1n) is 6.20. The van der Waals surface area contributed by atoms with Crippen molar-refractivity contribution in [2.75, 3.05) is 0 Å². The lowest BCUT2D eigenvalue weighted by atomic mass is 9.90. The number of rotatable bonds is 4. The molecule has 1 atom stereocenters. The van der Waals surface area contributed by atoms with E-state index < -0.39 is 0 Å². The van der Waals surface area contributed by atoms with Crippen molar-refractivity contribution < 1.29 is 0 Å². The van der Waals surface area contributed by atoms with Gasteiger partial charge in [0.1, 0.15) is 0 Å². The molecule has 0 aliphatic heterocycles. The Morgan fingerprint density at radius 3 is 2.33 bits per heavy atom.